The summed E-state index contributed by atoms with van der Waals surface area (Å²) < 4.78 is 5.71. The molecule has 1 N–H and O–H groups in total. The molecule has 4 saturated heterocycles. The largest absolute Gasteiger partial charge is 0.373 e. The SMILES string of the molecule is CN(C(=O)CCN1C(=O)C2C3CCC(O3)C2C1=O)C1CCNC1.Cl. The first-order chi connectivity index (χ1) is 11.1. The van der Waals surface area contributed by atoms with Gasteiger partial charge in [0, 0.05) is 32.6 Å². The molecule has 4 aliphatic rings. The minimum Gasteiger partial charge on any atom is -0.373 e. The molecule has 0 aromatic heterocycles. The summed E-state index contributed by atoms with van der Waals surface area (Å²) in [7, 11) is 1.80. The van der Waals surface area contributed by atoms with Crippen molar-refractivity contribution in [3.05, 3.63) is 0 Å². The van der Waals surface area contributed by atoms with Gasteiger partial charge in [-0.1, -0.05) is 0 Å². The average Bonchev–Trinajstić information content (AvgIpc) is 3.30. The first-order valence-corrected chi connectivity index (χ1v) is 8.55. The molecule has 4 rings (SSSR count). The van der Waals surface area contributed by atoms with E-state index in [9.17, 15) is 14.4 Å². The fourth-order valence-corrected chi connectivity index (χ4v) is 4.55. The molecule has 3 amide bonds. The first-order valence-electron chi connectivity index (χ1n) is 8.55. The normalized spacial score (nSPS) is 36.9. The summed E-state index contributed by atoms with van der Waals surface area (Å²) >= 11 is 0. The lowest BCUT2D eigenvalue weighted by Gasteiger charge is -2.25. The van der Waals surface area contributed by atoms with Crippen molar-refractivity contribution >= 4 is 30.1 Å². The maximum atomic E-state index is 12.5. The lowest BCUT2D eigenvalue weighted by atomic mass is 9.81. The van der Waals surface area contributed by atoms with E-state index in [0.29, 0.717) is 0 Å². The summed E-state index contributed by atoms with van der Waals surface area (Å²) in [6.45, 7) is 1.94. The van der Waals surface area contributed by atoms with Gasteiger partial charge in [-0.05, 0) is 25.8 Å². The van der Waals surface area contributed by atoms with Crippen LogP contribution in [0.2, 0.25) is 0 Å². The average molecular weight is 358 g/mol. The van der Waals surface area contributed by atoms with E-state index in [2.05, 4.69) is 5.32 Å². The highest BCUT2D eigenvalue weighted by atomic mass is 35.5. The summed E-state index contributed by atoms with van der Waals surface area (Å²) in [5.74, 6) is -0.868. The van der Waals surface area contributed by atoms with Gasteiger partial charge in [-0.15, -0.1) is 12.4 Å². The summed E-state index contributed by atoms with van der Waals surface area (Å²) in [5.41, 5.74) is 0. The van der Waals surface area contributed by atoms with Crippen molar-refractivity contribution in [2.75, 3.05) is 26.7 Å². The van der Waals surface area contributed by atoms with Crippen molar-refractivity contribution in [1.82, 2.24) is 15.1 Å². The monoisotopic (exact) mass is 357 g/mol. The number of halogens is 1. The van der Waals surface area contributed by atoms with Crippen LogP contribution in [0.15, 0.2) is 0 Å². The number of hydrogen-bond donors (Lipinski definition) is 1. The van der Waals surface area contributed by atoms with Crippen LogP contribution < -0.4 is 5.32 Å². The van der Waals surface area contributed by atoms with Crippen molar-refractivity contribution in [3.63, 3.8) is 0 Å². The third-order valence-corrected chi connectivity index (χ3v) is 5.90. The highest BCUT2D eigenvalue weighted by Crippen LogP contribution is 2.48. The molecule has 7 nitrogen and oxygen atoms in total. The van der Waals surface area contributed by atoms with Gasteiger partial charge in [0.15, 0.2) is 0 Å². The van der Waals surface area contributed by atoms with E-state index >= 15 is 0 Å². The standard InChI is InChI=1S/C16H23N3O4.ClH/c1-18(9-4-6-17-8-9)12(20)5-7-19-15(21)13-10-2-3-11(23-10)14(13)16(19)22;/h9-11,13-14,17H,2-8H2,1H3;1H. The maximum absolute atomic E-state index is 12.5. The second kappa shape index (κ2) is 6.61. The lowest BCUT2D eigenvalue weighted by molar-refractivity contribution is -0.143. The second-order valence-corrected chi connectivity index (χ2v) is 7.07. The maximum Gasteiger partial charge on any atom is 0.235 e. The molecule has 0 aliphatic carbocycles. The van der Waals surface area contributed by atoms with Gasteiger partial charge in [-0.3, -0.25) is 19.3 Å². The van der Waals surface area contributed by atoms with Gasteiger partial charge >= 0.3 is 0 Å². The molecule has 0 aromatic rings. The van der Waals surface area contributed by atoms with Crippen LogP contribution in [0.1, 0.15) is 25.7 Å². The van der Waals surface area contributed by atoms with E-state index in [1.165, 1.54) is 4.90 Å². The van der Waals surface area contributed by atoms with Gasteiger partial charge < -0.3 is 15.0 Å². The second-order valence-electron chi connectivity index (χ2n) is 7.07. The Kier molecular flexibility index (Phi) is 4.86. The molecule has 0 saturated carbocycles. The number of amides is 3. The summed E-state index contributed by atoms with van der Waals surface area (Å²) in [4.78, 5) is 40.4. The number of nitrogens with zero attached hydrogens (tertiary/aromatic N) is 2. The lowest BCUT2D eigenvalue weighted by Crippen LogP contribution is -2.41. The molecular weight excluding hydrogens is 334 g/mol. The molecule has 0 spiro atoms. The number of carbonyl (C=O) groups excluding carboxylic acids is 3. The van der Waals surface area contributed by atoms with Crippen molar-refractivity contribution in [2.24, 2.45) is 11.8 Å². The number of hydrogen-bond acceptors (Lipinski definition) is 5. The molecule has 0 radical (unpaired) electrons. The van der Waals surface area contributed by atoms with Crippen LogP contribution in [0, 0.1) is 11.8 Å². The van der Waals surface area contributed by atoms with Crippen LogP contribution >= 0.6 is 12.4 Å². The molecular formula is C16H24ClN3O4. The molecule has 5 unspecified atom stereocenters. The van der Waals surface area contributed by atoms with Gasteiger partial charge in [0.05, 0.1) is 24.0 Å². The molecule has 4 fully saturated rings. The molecule has 5 atom stereocenters. The molecule has 24 heavy (non-hydrogen) atoms. The number of rotatable bonds is 4. The Labute approximate surface area is 147 Å². The Balaban J connectivity index is 0.00000169. The van der Waals surface area contributed by atoms with Gasteiger partial charge in [-0.2, -0.15) is 0 Å². The zero-order chi connectivity index (χ0) is 16.1. The Morgan fingerprint density at radius 2 is 1.83 bits per heavy atom. The smallest absolute Gasteiger partial charge is 0.235 e. The zero-order valence-electron chi connectivity index (χ0n) is 13.8. The fraction of sp³-hybridized carbons (Fsp3) is 0.812. The first kappa shape index (κ1) is 17.6. The van der Waals surface area contributed by atoms with Crippen LogP contribution in [-0.2, 0) is 19.1 Å². The van der Waals surface area contributed by atoms with Gasteiger partial charge in [0.25, 0.3) is 0 Å². The number of fused-ring (bicyclic) bond motifs is 5. The van der Waals surface area contributed by atoms with E-state index in [1.54, 1.807) is 11.9 Å². The summed E-state index contributed by atoms with van der Waals surface area (Å²) in [5, 5.41) is 3.24. The van der Waals surface area contributed by atoms with E-state index in [1.807, 2.05) is 0 Å². The van der Waals surface area contributed by atoms with Crippen molar-refractivity contribution in [3.8, 4) is 0 Å². The molecule has 134 valence electrons. The van der Waals surface area contributed by atoms with Crippen molar-refractivity contribution < 1.29 is 19.1 Å². The van der Waals surface area contributed by atoms with Crippen LogP contribution in [0.3, 0.4) is 0 Å². The van der Waals surface area contributed by atoms with E-state index < -0.39 is 0 Å². The highest BCUT2D eigenvalue weighted by Gasteiger charge is 2.62. The predicted octanol–water partition coefficient (Wildman–Crippen LogP) is -0.219. The van der Waals surface area contributed by atoms with Gasteiger partial charge in [0.1, 0.15) is 0 Å². The van der Waals surface area contributed by atoms with Crippen LogP contribution in [0.5, 0.6) is 0 Å². The van der Waals surface area contributed by atoms with Crippen molar-refractivity contribution in [2.45, 2.75) is 43.9 Å². The molecule has 4 aliphatic heterocycles. The fourth-order valence-electron chi connectivity index (χ4n) is 4.55. The number of likely N-dealkylation sites (N-methyl/N-ethyl adjacent to an activating group) is 1. The molecule has 2 bridgehead atoms. The molecule has 8 heteroatoms. The molecule has 4 heterocycles. The molecule has 0 aromatic carbocycles. The van der Waals surface area contributed by atoms with E-state index in [0.717, 1.165) is 32.4 Å². The Hall–Kier alpha value is -1.18. The number of likely N-dealkylation sites (tertiary alicyclic amines) is 1. The van der Waals surface area contributed by atoms with Gasteiger partial charge in [0.2, 0.25) is 17.7 Å². The quantitative estimate of drug-likeness (QED) is 0.704. The highest BCUT2D eigenvalue weighted by molar-refractivity contribution is 6.06. The Morgan fingerprint density at radius 1 is 1.21 bits per heavy atom. The summed E-state index contributed by atoms with van der Waals surface area (Å²) in [6.07, 6.45) is 2.72. The summed E-state index contributed by atoms with van der Waals surface area (Å²) in [6, 6.07) is 0.219. The van der Waals surface area contributed by atoms with Crippen LogP contribution in [0.4, 0.5) is 0 Å². The Morgan fingerprint density at radius 3 is 2.38 bits per heavy atom. The number of ether oxygens (including phenoxy) is 1. The number of nitrogens with one attached hydrogen (secondary N) is 1. The van der Waals surface area contributed by atoms with Crippen LogP contribution in [-0.4, -0.2) is 72.5 Å². The van der Waals surface area contributed by atoms with Crippen molar-refractivity contribution in [1.29, 1.82) is 0 Å². The minimum absolute atomic E-state index is 0. The van der Waals surface area contributed by atoms with E-state index in [-0.39, 0.29) is 73.2 Å². The third kappa shape index (κ3) is 2.62. The number of carbonyl (C=O) groups is 3. The van der Waals surface area contributed by atoms with E-state index in [4.69, 9.17) is 4.74 Å². The zero-order valence-corrected chi connectivity index (χ0v) is 14.6. The van der Waals surface area contributed by atoms with Crippen LogP contribution in [0.25, 0.3) is 0 Å². The number of imide groups is 1. The Bertz CT molecular complexity index is 523. The third-order valence-electron chi connectivity index (χ3n) is 5.90. The minimum atomic E-state index is -0.298. The predicted molar refractivity (Wildman–Crippen MR) is 87.5 cm³/mol. The topological polar surface area (TPSA) is 79.0 Å². The van der Waals surface area contributed by atoms with Gasteiger partial charge in [-0.25, -0.2) is 0 Å².